The van der Waals surface area contributed by atoms with Gasteiger partial charge in [-0.05, 0) is 47.5 Å². The molecule has 1 rings (SSSR count). The van der Waals surface area contributed by atoms with Crippen molar-refractivity contribution >= 4 is 21.8 Å². The third-order valence-electron chi connectivity index (χ3n) is 2.57. The summed E-state index contributed by atoms with van der Waals surface area (Å²) in [6.45, 7) is 3.64. The van der Waals surface area contributed by atoms with Crippen LogP contribution in [0.2, 0.25) is 0 Å². The average molecular weight is 304 g/mol. The lowest BCUT2D eigenvalue weighted by Crippen LogP contribution is -2.40. The van der Waals surface area contributed by atoms with Crippen LogP contribution in [0.3, 0.4) is 0 Å². The van der Waals surface area contributed by atoms with E-state index in [2.05, 4.69) is 21.2 Å². The molecule has 0 aliphatic rings. The summed E-state index contributed by atoms with van der Waals surface area (Å²) in [7, 11) is 0. The van der Waals surface area contributed by atoms with Crippen molar-refractivity contribution < 1.29 is 14.3 Å². The lowest BCUT2D eigenvalue weighted by molar-refractivity contribution is 0.0518. The Morgan fingerprint density at radius 3 is 2.76 bits per heavy atom. The van der Waals surface area contributed by atoms with Crippen LogP contribution in [0.5, 0.6) is 0 Å². The predicted octanol–water partition coefficient (Wildman–Crippen LogP) is 2.48. The topological polar surface area (TPSA) is 49.3 Å². The summed E-state index contributed by atoms with van der Waals surface area (Å²) in [4.78, 5) is 11.8. The molecule has 0 aromatic heterocycles. The van der Waals surface area contributed by atoms with E-state index in [0.29, 0.717) is 16.5 Å². The van der Waals surface area contributed by atoms with E-state index < -0.39 is 11.4 Å². The largest absolute Gasteiger partial charge is 0.388 e. The molecule has 2 N–H and O–H groups in total. The first kappa shape index (κ1) is 14.1. The fraction of sp³-hybridized carbons (Fsp3) is 0.417. The van der Waals surface area contributed by atoms with Crippen molar-refractivity contribution in [1.82, 2.24) is 5.32 Å². The quantitative estimate of drug-likeness (QED) is 0.898. The Hall–Kier alpha value is -0.940. The first-order valence-electron chi connectivity index (χ1n) is 5.31. The Balaban J connectivity index is 2.71. The molecule has 0 saturated heterocycles. The van der Waals surface area contributed by atoms with E-state index in [0.717, 1.165) is 0 Å². The third kappa shape index (κ3) is 4.09. The molecule has 1 aromatic rings. The smallest absolute Gasteiger partial charge is 0.252 e. The van der Waals surface area contributed by atoms with Gasteiger partial charge in [0.05, 0.1) is 11.2 Å². The number of carbonyl (C=O) groups is 1. The second kappa shape index (κ2) is 5.60. The number of benzene rings is 1. The van der Waals surface area contributed by atoms with Crippen molar-refractivity contribution in [3.63, 3.8) is 0 Å². The molecule has 0 saturated carbocycles. The van der Waals surface area contributed by atoms with Crippen LogP contribution in [0.4, 0.5) is 4.39 Å². The van der Waals surface area contributed by atoms with E-state index in [-0.39, 0.29) is 12.5 Å². The zero-order valence-electron chi connectivity index (χ0n) is 9.76. The fourth-order valence-electron chi connectivity index (χ4n) is 1.16. The fourth-order valence-corrected chi connectivity index (χ4v) is 1.70. The number of rotatable bonds is 4. The van der Waals surface area contributed by atoms with Crippen LogP contribution >= 0.6 is 15.9 Å². The second-order valence-corrected chi connectivity index (χ2v) is 5.01. The molecule has 0 heterocycles. The van der Waals surface area contributed by atoms with Gasteiger partial charge >= 0.3 is 0 Å². The van der Waals surface area contributed by atoms with Crippen LogP contribution in [0.15, 0.2) is 22.7 Å². The average Bonchev–Trinajstić information content (AvgIpc) is 2.26. The maximum absolute atomic E-state index is 12.8. The van der Waals surface area contributed by atoms with Crippen LogP contribution < -0.4 is 5.32 Å². The van der Waals surface area contributed by atoms with Gasteiger partial charge < -0.3 is 10.4 Å². The summed E-state index contributed by atoms with van der Waals surface area (Å²) in [6.07, 6.45) is 0.540. The predicted molar refractivity (Wildman–Crippen MR) is 67.3 cm³/mol. The van der Waals surface area contributed by atoms with Crippen LogP contribution in [0.25, 0.3) is 0 Å². The first-order chi connectivity index (χ1) is 7.85. The maximum Gasteiger partial charge on any atom is 0.252 e. The normalized spacial score (nSPS) is 14.2. The monoisotopic (exact) mass is 303 g/mol. The van der Waals surface area contributed by atoms with E-state index in [1.54, 1.807) is 6.92 Å². The molecule has 1 amide bonds. The van der Waals surface area contributed by atoms with Crippen LogP contribution in [-0.2, 0) is 0 Å². The molecule has 0 fully saturated rings. The van der Waals surface area contributed by atoms with Crippen LogP contribution in [0, 0.1) is 5.82 Å². The molecule has 5 heteroatoms. The Labute approximate surface area is 108 Å². The molecule has 17 heavy (non-hydrogen) atoms. The molecular formula is C12H15BrFNO2. The van der Waals surface area contributed by atoms with Gasteiger partial charge in [0.1, 0.15) is 5.82 Å². The number of amides is 1. The van der Waals surface area contributed by atoms with E-state index >= 15 is 0 Å². The zero-order valence-corrected chi connectivity index (χ0v) is 11.3. The maximum atomic E-state index is 12.8. The van der Waals surface area contributed by atoms with Gasteiger partial charge in [-0.2, -0.15) is 0 Å². The summed E-state index contributed by atoms with van der Waals surface area (Å²) in [5.74, 6) is -0.750. The number of hydrogen-bond acceptors (Lipinski definition) is 2. The first-order valence-corrected chi connectivity index (χ1v) is 6.10. The lowest BCUT2D eigenvalue weighted by atomic mass is 10.0. The third-order valence-corrected chi connectivity index (χ3v) is 3.22. The van der Waals surface area contributed by atoms with Crippen LogP contribution in [0.1, 0.15) is 30.6 Å². The summed E-state index contributed by atoms with van der Waals surface area (Å²) in [5, 5.41) is 12.4. The lowest BCUT2D eigenvalue weighted by Gasteiger charge is -2.21. The molecule has 1 aromatic carbocycles. The number of nitrogens with one attached hydrogen (secondary N) is 1. The van der Waals surface area contributed by atoms with Gasteiger partial charge in [0.2, 0.25) is 0 Å². The summed E-state index contributed by atoms with van der Waals surface area (Å²) >= 11 is 3.12. The molecule has 1 atom stereocenters. The van der Waals surface area contributed by atoms with Gasteiger partial charge in [0, 0.05) is 11.0 Å². The van der Waals surface area contributed by atoms with Crippen molar-refractivity contribution in [3.05, 3.63) is 34.1 Å². The van der Waals surface area contributed by atoms with Gasteiger partial charge in [-0.3, -0.25) is 4.79 Å². The Kier molecular flexibility index (Phi) is 4.65. The van der Waals surface area contributed by atoms with E-state index in [1.165, 1.54) is 18.2 Å². The van der Waals surface area contributed by atoms with Gasteiger partial charge in [0.15, 0.2) is 0 Å². The molecular weight excluding hydrogens is 289 g/mol. The minimum Gasteiger partial charge on any atom is -0.388 e. The second-order valence-electron chi connectivity index (χ2n) is 4.16. The van der Waals surface area contributed by atoms with E-state index in [4.69, 9.17) is 0 Å². The SMILES string of the molecule is CCC(C)(O)CNC(=O)c1ccc(F)cc1Br. The molecule has 0 bridgehead atoms. The summed E-state index contributed by atoms with van der Waals surface area (Å²) < 4.78 is 13.2. The molecule has 0 aliphatic heterocycles. The number of carbonyl (C=O) groups excluding carboxylic acids is 1. The Morgan fingerprint density at radius 2 is 2.24 bits per heavy atom. The Morgan fingerprint density at radius 1 is 1.59 bits per heavy atom. The molecule has 0 radical (unpaired) electrons. The highest BCUT2D eigenvalue weighted by molar-refractivity contribution is 9.10. The van der Waals surface area contributed by atoms with Crippen molar-refractivity contribution in [3.8, 4) is 0 Å². The van der Waals surface area contributed by atoms with E-state index in [9.17, 15) is 14.3 Å². The Bertz CT molecular complexity index is 421. The highest BCUT2D eigenvalue weighted by Gasteiger charge is 2.19. The summed E-state index contributed by atoms with van der Waals surface area (Å²) in [6, 6.07) is 3.85. The van der Waals surface area contributed by atoms with Gasteiger partial charge in [-0.15, -0.1) is 0 Å². The highest BCUT2D eigenvalue weighted by atomic mass is 79.9. The van der Waals surface area contributed by atoms with Crippen molar-refractivity contribution in [2.75, 3.05) is 6.54 Å². The van der Waals surface area contributed by atoms with Gasteiger partial charge in [-0.1, -0.05) is 6.92 Å². The minimum atomic E-state index is -0.928. The highest BCUT2D eigenvalue weighted by Crippen LogP contribution is 2.18. The number of hydrogen-bond donors (Lipinski definition) is 2. The minimum absolute atomic E-state index is 0.159. The van der Waals surface area contributed by atoms with Crippen molar-refractivity contribution in [2.45, 2.75) is 25.9 Å². The van der Waals surface area contributed by atoms with E-state index in [1.807, 2.05) is 6.92 Å². The number of aliphatic hydroxyl groups is 1. The standard InChI is InChI=1S/C12H15BrFNO2/c1-3-12(2,17)7-15-11(16)9-5-4-8(14)6-10(9)13/h4-6,17H,3,7H2,1-2H3,(H,15,16). The van der Waals surface area contributed by atoms with Crippen LogP contribution in [-0.4, -0.2) is 23.2 Å². The summed E-state index contributed by atoms with van der Waals surface area (Å²) in [5.41, 5.74) is -0.583. The van der Waals surface area contributed by atoms with Gasteiger partial charge in [0.25, 0.3) is 5.91 Å². The number of halogens is 2. The molecule has 1 unspecified atom stereocenters. The molecule has 0 aliphatic carbocycles. The molecule has 0 spiro atoms. The van der Waals surface area contributed by atoms with Crippen molar-refractivity contribution in [1.29, 1.82) is 0 Å². The van der Waals surface area contributed by atoms with Crippen molar-refractivity contribution in [2.24, 2.45) is 0 Å². The molecule has 94 valence electrons. The molecule has 3 nitrogen and oxygen atoms in total. The zero-order chi connectivity index (χ0) is 13.1. The van der Waals surface area contributed by atoms with Gasteiger partial charge in [-0.25, -0.2) is 4.39 Å².